The van der Waals surface area contributed by atoms with Crippen molar-refractivity contribution in [3.05, 3.63) is 0 Å². The summed E-state index contributed by atoms with van der Waals surface area (Å²) in [5.74, 6) is -1.06. The average Bonchev–Trinajstić information content (AvgIpc) is 2.82. The molecule has 2 rings (SSSR count). The quantitative estimate of drug-likeness (QED) is 0.672. The van der Waals surface area contributed by atoms with E-state index in [9.17, 15) is 14.7 Å². The van der Waals surface area contributed by atoms with Crippen molar-refractivity contribution in [1.29, 1.82) is 0 Å². The number of aliphatic carboxylic acids is 1. The molecule has 0 saturated heterocycles. The van der Waals surface area contributed by atoms with Gasteiger partial charge in [-0.05, 0) is 25.7 Å². The summed E-state index contributed by atoms with van der Waals surface area (Å²) in [6.07, 6.45) is 9.67. The Labute approximate surface area is 120 Å². The van der Waals surface area contributed by atoms with E-state index in [1.165, 1.54) is 12.8 Å². The molecule has 0 aromatic rings. The van der Waals surface area contributed by atoms with Crippen LogP contribution in [0, 0.1) is 0 Å². The van der Waals surface area contributed by atoms with Gasteiger partial charge in [0.1, 0.15) is 5.54 Å². The Morgan fingerprint density at radius 2 is 1.60 bits per heavy atom. The van der Waals surface area contributed by atoms with Gasteiger partial charge in [-0.25, -0.2) is 4.79 Å². The Balaban J connectivity index is 1.86. The van der Waals surface area contributed by atoms with Gasteiger partial charge in [0.15, 0.2) is 0 Å². The van der Waals surface area contributed by atoms with E-state index in [0.717, 1.165) is 38.5 Å². The first kappa shape index (κ1) is 15.3. The van der Waals surface area contributed by atoms with Gasteiger partial charge in [-0.3, -0.25) is 4.79 Å². The van der Waals surface area contributed by atoms with Gasteiger partial charge in [0.05, 0.1) is 6.54 Å². The van der Waals surface area contributed by atoms with Gasteiger partial charge in [-0.2, -0.15) is 0 Å². The topological polar surface area (TPSA) is 78.4 Å². The Morgan fingerprint density at radius 3 is 2.15 bits per heavy atom. The van der Waals surface area contributed by atoms with Gasteiger partial charge < -0.3 is 15.7 Å². The predicted molar refractivity (Wildman–Crippen MR) is 76.5 cm³/mol. The highest BCUT2D eigenvalue weighted by Gasteiger charge is 2.39. The zero-order chi connectivity index (χ0) is 14.4. The van der Waals surface area contributed by atoms with E-state index in [4.69, 9.17) is 0 Å². The minimum absolute atomic E-state index is 0.179. The fraction of sp³-hybridized carbons (Fsp3) is 0.867. The van der Waals surface area contributed by atoms with Crippen LogP contribution >= 0.6 is 0 Å². The van der Waals surface area contributed by atoms with E-state index in [2.05, 4.69) is 10.6 Å². The van der Waals surface area contributed by atoms with Crippen LogP contribution in [0.3, 0.4) is 0 Å². The highest BCUT2D eigenvalue weighted by atomic mass is 16.4. The molecule has 1 amide bonds. The minimum Gasteiger partial charge on any atom is -0.480 e. The number of carboxylic acids is 1. The molecule has 2 fully saturated rings. The molecule has 0 aromatic heterocycles. The Hall–Kier alpha value is -1.10. The molecule has 2 aliphatic carbocycles. The summed E-state index contributed by atoms with van der Waals surface area (Å²) >= 11 is 0. The fourth-order valence-electron chi connectivity index (χ4n) is 3.40. The maximum atomic E-state index is 12.1. The number of carbonyl (C=O) groups is 2. The first-order valence-corrected chi connectivity index (χ1v) is 7.90. The van der Waals surface area contributed by atoms with Gasteiger partial charge >= 0.3 is 5.97 Å². The lowest BCUT2D eigenvalue weighted by molar-refractivity contribution is -0.148. The predicted octanol–water partition coefficient (Wildman–Crippen LogP) is 1.81. The summed E-state index contributed by atoms with van der Waals surface area (Å²) in [5.41, 5.74) is -1.04. The molecule has 0 unspecified atom stereocenters. The van der Waals surface area contributed by atoms with Gasteiger partial charge in [-0.15, -0.1) is 0 Å². The smallest absolute Gasteiger partial charge is 0.329 e. The van der Waals surface area contributed by atoms with E-state index < -0.39 is 11.5 Å². The van der Waals surface area contributed by atoms with Crippen molar-refractivity contribution in [1.82, 2.24) is 10.6 Å². The molecule has 0 atom stereocenters. The molecule has 5 nitrogen and oxygen atoms in total. The monoisotopic (exact) mass is 282 g/mol. The van der Waals surface area contributed by atoms with Crippen molar-refractivity contribution in [2.75, 3.05) is 6.54 Å². The molecule has 0 radical (unpaired) electrons. The Kier molecular flexibility index (Phi) is 5.40. The van der Waals surface area contributed by atoms with Crippen LogP contribution < -0.4 is 10.6 Å². The van der Waals surface area contributed by atoms with Gasteiger partial charge in [0, 0.05) is 6.04 Å². The third-order valence-electron chi connectivity index (χ3n) is 4.65. The largest absolute Gasteiger partial charge is 0.480 e. The van der Waals surface area contributed by atoms with Gasteiger partial charge in [0.2, 0.25) is 5.91 Å². The molecule has 114 valence electrons. The molecule has 2 saturated carbocycles. The number of rotatable bonds is 5. The minimum atomic E-state index is -1.04. The van der Waals surface area contributed by atoms with Crippen molar-refractivity contribution >= 4 is 11.9 Å². The lowest BCUT2D eigenvalue weighted by Crippen LogP contribution is -2.56. The van der Waals surface area contributed by atoms with Crippen LogP contribution in [-0.4, -0.2) is 35.1 Å². The first-order valence-electron chi connectivity index (χ1n) is 7.90. The Bertz CT molecular complexity index is 343. The van der Waals surface area contributed by atoms with Crippen LogP contribution in [0.25, 0.3) is 0 Å². The molecule has 0 spiro atoms. The van der Waals surface area contributed by atoms with Gasteiger partial charge in [0.25, 0.3) is 0 Å². The normalized spacial score (nSPS) is 23.2. The number of carboxylic acid groups (broad SMARTS) is 1. The maximum Gasteiger partial charge on any atom is 0.329 e. The molecule has 0 bridgehead atoms. The lowest BCUT2D eigenvalue weighted by atomic mass is 9.90. The molecule has 0 aromatic carbocycles. The van der Waals surface area contributed by atoms with Crippen molar-refractivity contribution in [3.63, 3.8) is 0 Å². The molecule has 20 heavy (non-hydrogen) atoms. The van der Waals surface area contributed by atoms with E-state index in [0.29, 0.717) is 18.9 Å². The number of carbonyl (C=O) groups excluding carboxylic acids is 1. The Morgan fingerprint density at radius 1 is 1.00 bits per heavy atom. The summed E-state index contributed by atoms with van der Waals surface area (Å²) in [7, 11) is 0. The van der Waals surface area contributed by atoms with Crippen LogP contribution in [-0.2, 0) is 9.59 Å². The van der Waals surface area contributed by atoms with Crippen LogP contribution in [0.1, 0.15) is 64.2 Å². The highest BCUT2D eigenvalue weighted by molar-refractivity contribution is 5.87. The maximum absolute atomic E-state index is 12.1. The SMILES string of the molecule is O=C(CNC1CCCC1)NC1(C(=O)O)CCCCCC1. The molecule has 3 N–H and O–H groups in total. The molecule has 5 heteroatoms. The van der Waals surface area contributed by atoms with Crippen LogP contribution in [0.4, 0.5) is 0 Å². The molecular weight excluding hydrogens is 256 g/mol. The van der Waals surface area contributed by atoms with Crippen molar-refractivity contribution in [2.24, 2.45) is 0 Å². The zero-order valence-electron chi connectivity index (χ0n) is 12.1. The molecule has 0 aliphatic heterocycles. The number of hydrogen-bond donors (Lipinski definition) is 3. The van der Waals surface area contributed by atoms with Crippen molar-refractivity contribution < 1.29 is 14.7 Å². The summed E-state index contributed by atoms with van der Waals surface area (Å²) < 4.78 is 0. The second-order valence-electron chi connectivity index (χ2n) is 6.21. The van der Waals surface area contributed by atoms with E-state index in [1.54, 1.807) is 0 Å². The lowest BCUT2D eigenvalue weighted by Gasteiger charge is -2.29. The van der Waals surface area contributed by atoms with E-state index in [1.807, 2.05) is 0 Å². The number of amides is 1. The second-order valence-corrected chi connectivity index (χ2v) is 6.21. The van der Waals surface area contributed by atoms with Crippen LogP contribution in [0.2, 0.25) is 0 Å². The fourth-order valence-corrected chi connectivity index (χ4v) is 3.40. The first-order chi connectivity index (χ1) is 9.62. The summed E-state index contributed by atoms with van der Waals surface area (Å²) in [6, 6.07) is 0.427. The summed E-state index contributed by atoms with van der Waals surface area (Å²) in [5, 5.41) is 15.5. The summed E-state index contributed by atoms with van der Waals surface area (Å²) in [6.45, 7) is 0.236. The molecule has 2 aliphatic rings. The van der Waals surface area contributed by atoms with Gasteiger partial charge in [-0.1, -0.05) is 38.5 Å². The molecular formula is C15H26N2O3. The van der Waals surface area contributed by atoms with Crippen LogP contribution in [0.5, 0.6) is 0 Å². The highest BCUT2D eigenvalue weighted by Crippen LogP contribution is 2.27. The summed E-state index contributed by atoms with van der Waals surface area (Å²) in [4.78, 5) is 23.6. The second kappa shape index (κ2) is 7.07. The van der Waals surface area contributed by atoms with Crippen molar-refractivity contribution in [2.45, 2.75) is 75.8 Å². The third-order valence-corrected chi connectivity index (χ3v) is 4.65. The standard InChI is InChI=1S/C15H26N2O3/c18-13(11-16-12-7-3-4-8-12)17-15(14(19)20)9-5-1-2-6-10-15/h12,16H,1-11H2,(H,17,18)(H,19,20). The third kappa shape index (κ3) is 3.95. The average molecular weight is 282 g/mol. The van der Waals surface area contributed by atoms with Crippen LogP contribution in [0.15, 0.2) is 0 Å². The van der Waals surface area contributed by atoms with E-state index in [-0.39, 0.29) is 12.5 Å². The molecule has 0 heterocycles. The van der Waals surface area contributed by atoms with Crippen molar-refractivity contribution in [3.8, 4) is 0 Å². The number of nitrogens with one attached hydrogen (secondary N) is 2. The van der Waals surface area contributed by atoms with E-state index >= 15 is 0 Å². The zero-order valence-corrected chi connectivity index (χ0v) is 12.1. The number of hydrogen-bond acceptors (Lipinski definition) is 3.